The molecule has 1 saturated heterocycles. The molecule has 1 aromatic rings. The number of hydrogen-bond donors (Lipinski definition) is 0. The van der Waals surface area contributed by atoms with E-state index in [2.05, 4.69) is 27.7 Å². The molecule has 0 aromatic heterocycles. The second-order valence-corrected chi connectivity index (χ2v) is 9.84. The van der Waals surface area contributed by atoms with Crippen molar-refractivity contribution in [2.45, 2.75) is 46.6 Å². The van der Waals surface area contributed by atoms with Crippen molar-refractivity contribution in [2.75, 3.05) is 18.8 Å². The summed E-state index contributed by atoms with van der Waals surface area (Å²) in [7, 11) is 0. The minimum absolute atomic E-state index is 0.0345. The minimum Gasteiger partial charge on any atom is -0.341 e. The van der Waals surface area contributed by atoms with Gasteiger partial charge in [-0.05, 0) is 36.3 Å². The Kier molecular flexibility index (Phi) is 6.00. The van der Waals surface area contributed by atoms with E-state index in [-0.39, 0.29) is 29.5 Å². The van der Waals surface area contributed by atoms with E-state index in [4.69, 9.17) is 9.98 Å². The second-order valence-electron chi connectivity index (χ2n) is 8.90. The van der Waals surface area contributed by atoms with Crippen LogP contribution in [0.25, 0.3) is 0 Å². The number of benzene rings is 1. The number of carbonyl (C=O) groups is 2. The van der Waals surface area contributed by atoms with Gasteiger partial charge in [0.15, 0.2) is 5.17 Å². The van der Waals surface area contributed by atoms with Crippen LogP contribution in [0.15, 0.2) is 34.3 Å². The van der Waals surface area contributed by atoms with E-state index in [1.165, 1.54) is 18.2 Å². The largest absolute Gasteiger partial charge is 0.341 e. The van der Waals surface area contributed by atoms with Crippen LogP contribution in [0.3, 0.4) is 0 Å². The molecular weight excluding hydrogens is 396 g/mol. The molecule has 1 fully saturated rings. The van der Waals surface area contributed by atoms with Gasteiger partial charge >= 0.3 is 0 Å². The molecule has 3 aliphatic heterocycles. The molecule has 4 atom stereocenters. The van der Waals surface area contributed by atoms with Crippen LogP contribution in [0.1, 0.15) is 46.1 Å². The molecule has 0 radical (unpaired) electrons. The second kappa shape index (κ2) is 8.53. The van der Waals surface area contributed by atoms with E-state index in [1.54, 1.807) is 4.90 Å². The molecule has 4 rings (SSSR count). The monoisotopic (exact) mass is 426 g/mol. The highest BCUT2D eigenvalue weighted by molar-refractivity contribution is 8.14. The zero-order valence-electron chi connectivity index (χ0n) is 18.2. The number of aliphatic imine (C=N–C) groups is 2. The maximum absolute atomic E-state index is 13.2. The number of nitrogens with zero attached hydrogens (tertiary/aromatic N) is 4. The highest BCUT2D eigenvalue weighted by Gasteiger charge is 2.43. The molecule has 0 aliphatic carbocycles. The van der Waals surface area contributed by atoms with Crippen LogP contribution in [0.2, 0.25) is 0 Å². The van der Waals surface area contributed by atoms with Gasteiger partial charge < -0.3 is 4.90 Å². The van der Waals surface area contributed by atoms with Crippen LogP contribution in [0.4, 0.5) is 5.69 Å². The van der Waals surface area contributed by atoms with Crippen LogP contribution >= 0.6 is 11.8 Å². The molecule has 2 amide bonds. The topological polar surface area (TPSA) is 65.3 Å². The van der Waals surface area contributed by atoms with Gasteiger partial charge in [0.05, 0.1) is 11.4 Å². The van der Waals surface area contributed by atoms with E-state index in [1.807, 2.05) is 29.2 Å². The summed E-state index contributed by atoms with van der Waals surface area (Å²) < 4.78 is 0. The summed E-state index contributed by atoms with van der Waals surface area (Å²) in [6.45, 7) is 10.2. The fraction of sp³-hybridized carbons (Fsp3) is 0.565. The van der Waals surface area contributed by atoms with Crippen LogP contribution in [-0.2, 0) is 9.59 Å². The molecule has 3 heterocycles. The highest BCUT2D eigenvalue weighted by atomic mass is 32.2. The van der Waals surface area contributed by atoms with Gasteiger partial charge in [0.25, 0.3) is 5.91 Å². The Morgan fingerprint density at radius 2 is 1.93 bits per heavy atom. The predicted octanol–water partition coefficient (Wildman–Crippen LogP) is 3.93. The molecule has 1 aromatic carbocycles. The molecule has 7 heteroatoms. The molecule has 3 aliphatic rings. The molecule has 0 saturated carbocycles. The molecule has 160 valence electrons. The summed E-state index contributed by atoms with van der Waals surface area (Å²) >= 11 is 1.35. The molecule has 30 heavy (non-hydrogen) atoms. The number of amides is 2. The minimum atomic E-state index is -0.388. The first-order valence-corrected chi connectivity index (χ1v) is 11.9. The van der Waals surface area contributed by atoms with Crippen LogP contribution in [-0.4, -0.2) is 57.5 Å². The van der Waals surface area contributed by atoms with Gasteiger partial charge in [-0.1, -0.05) is 58.0 Å². The highest BCUT2D eigenvalue weighted by Crippen LogP contribution is 2.35. The first-order chi connectivity index (χ1) is 14.4. The summed E-state index contributed by atoms with van der Waals surface area (Å²) in [5.41, 5.74) is 1.69. The maximum Gasteiger partial charge on any atom is 0.259 e. The van der Waals surface area contributed by atoms with Crippen molar-refractivity contribution in [3.63, 3.8) is 0 Å². The average Bonchev–Trinajstić information content (AvgIpc) is 3.08. The lowest BCUT2D eigenvalue weighted by Crippen LogP contribution is -2.45. The number of piperidine rings is 1. The number of likely N-dealkylation sites (tertiary alicyclic amines) is 1. The smallest absolute Gasteiger partial charge is 0.259 e. The zero-order chi connectivity index (χ0) is 21.4. The van der Waals surface area contributed by atoms with Gasteiger partial charge in [-0.25, -0.2) is 9.89 Å². The number of rotatable bonds is 4. The number of thioether (sulfide) groups is 1. The Morgan fingerprint density at radius 3 is 2.63 bits per heavy atom. The zero-order valence-corrected chi connectivity index (χ0v) is 19.0. The van der Waals surface area contributed by atoms with Gasteiger partial charge in [0.1, 0.15) is 11.9 Å². The summed E-state index contributed by atoms with van der Waals surface area (Å²) in [6, 6.07) is 7.38. The number of fused-ring (bicyclic) bond motifs is 3. The lowest BCUT2D eigenvalue weighted by Gasteiger charge is -2.35. The van der Waals surface area contributed by atoms with Crippen LogP contribution in [0, 0.1) is 17.8 Å². The Balaban J connectivity index is 1.56. The maximum atomic E-state index is 13.2. The van der Waals surface area contributed by atoms with E-state index >= 15 is 0 Å². The van der Waals surface area contributed by atoms with E-state index in [9.17, 15) is 9.59 Å². The SMILES string of the molecule is CC[C@H](C)[C@H]1N=C2c3ccccc3N=C(SCC(=O)N3C[C@H](C)C[C@H](C)C3)N2C1=O. The summed E-state index contributed by atoms with van der Waals surface area (Å²) in [4.78, 5) is 39.2. The first kappa shape index (κ1) is 21.1. The van der Waals surface area contributed by atoms with Crippen LogP contribution in [0.5, 0.6) is 0 Å². The van der Waals surface area contributed by atoms with Crippen molar-refractivity contribution in [1.82, 2.24) is 9.80 Å². The van der Waals surface area contributed by atoms with Crippen molar-refractivity contribution in [3.8, 4) is 0 Å². The van der Waals surface area contributed by atoms with Gasteiger partial charge in [-0.3, -0.25) is 14.6 Å². The molecule has 0 N–H and O–H groups in total. The number of carbonyl (C=O) groups excluding carboxylic acids is 2. The standard InChI is InChI=1S/C23H30N4O2S/c1-5-16(4)20-22(29)27-21(25-20)17-8-6-7-9-18(17)24-23(27)30-13-19(28)26-11-14(2)10-15(3)12-26/h6-9,14-16,20H,5,10-13H2,1-4H3/t14-,15+,16-,20+/m0/s1. The quantitative estimate of drug-likeness (QED) is 0.733. The van der Waals surface area contributed by atoms with Crippen molar-refractivity contribution in [3.05, 3.63) is 29.8 Å². The van der Waals surface area contributed by atoms with Crippen molar-refractivity contribution in [2.24, 2.45) is 27.7 Å². The molecular formula is C23H30N4O2S. The summed E-state index contributed by atoms with van der Waals surface area (Å²) in [5, 5.41) is 0.565. The average molecular weight is 427 g/mol. The van der Waals surface area contributed by atoms with Crippen molar-refractivity contribution in [1.29, 1.82) is 0 Å². The molecule has 0 spiro atoms. The summed E-state index contributed by atoms with van der Waals surface area (Å²) in [6.07, 6.45) is 2.05. The Labute approximate surface area is 182 Å². The number of para-hydroxylation sites is 1. The third kappa shape index (κ3) is 3.92. The Morgan fingerprint density at radius 1 is 1.23 bits per heavy atom. The van der Waals surface area contributed by atoms with Gasteiger partial charge in [-0.15, -0.1) is 0 Å². The Bertz CT molecular complexity index is 902. The number of hydrogen-bond acceptors (Lipinski definition) is 5. The lowest BCUT2D eigenvalue weighted by molar-refractivity contribution is -0.131. The van der Waals surface area contributed by atoms with Gasteiger partial charge in [-0.2, -0.15) is 0 Å². The van der Waals surface area contributed by atoms with Crippen LogP contribution < -0.4 is 0 Å². The Hall–Kier alpha value is -2.15. The van der Waals surface area contributed by atoms with Gasteiger partial charge in [0, 0.05) is 18.7 Å². The van der Waals surface area contributed by atoms with E-state index in [0.717, 1.165) is 30.8 Å². The fourth-order valence-corrected chi connectivity index (χ4v) is 5.45. The summed E-state index contributed by atoms with van der Waals surface area (Å²) in [5.74, 6) is 2.24. The predicted molar refractivity (Wildman–Crippen MR) is 122 cm³/mol. The van der Waals surface area contributed by atoms with E-state index < -0.39 is 0 Å². The fourth-order valence-electron chi connectivity index (χ4n) is 4.54. The molecule has 0 bridgehead atoms. The molecule has 6 nitrogen and oxygen atoms in total. The first-order valence-electron chi connectivity index (χ1n) is 10.9. The molecule has 0 unspecified atom stereocenters. The van der Waals surface area contributed by atoms with Gasteiger partial charge in [0.2, 0.25) is 5.91 Å². The number of amidine groups is 2. The van der Waals surface area contributed by atoms with E-state index in [0.29, 0.717) is 22.8 Å². The normalized spacial score (nSPS) is 26.7. The third-order valence-corrected chi connectivity index (χ3v) is 7.15. The van der Waals surface area contributed by atoms with Crippen molar-refractivity contribution < 1.29 is 9.59 Å². The third-order valence-electron chi connectivity index (χ3n) is 6.23. The lowest BCUT2D eigenvalue weighted by atomic mass is 9.92. The van der Waals surface area contributed by atoms with Crippen molar-refractivity contribution >= 4 is 40.3 Å².